The maximum Gasteiger partial charge on any atom is 0.123 e. The lowest BCUT2D eigenvalue weighted by molar-refractivity contribution is 0.106. The number of hydrogen-bond donors (Lipinski definition) is 3. The zero-order valence-electron chi connectivity index (χ0n) is 11.7. The van der Waals surface area contributed by atoms with Gasteiger partial charge in [0, 0.05) is 24.3 Å². The van der Waals surface area contributed by atoms with E-state index in [0.29, 0.717) is 18.8 Å². The third-order valence-corrected chi connectivity index (χ3v) is 2.89. The van der Waals surface area contributed by atoms with Crippen LogP contribution in [0.1, 0.15) is 11.3 Å². The highest BCUT2D eigenvalue weighted by Gasteiger charge is 2.06. The van der Waals surface area contributed by atoms with Crippen LogP contribution in [0.25, 0.3) is 0 Å². The molecule has 0 bridgehead atoms. The quantitative estimate of drug-likeness (QED) is 0.729. The number of aromatic amines is 1. The number of aliphatic hydroxyl groups excluding tert-OH is 1. The van der Waals surface area contributed by atoms with Gasteiger partial charge in [-0.2, -0.15) is 5.10 Å². The van der Waals surface area contributed by atoms with Crippen LogP contribution in [0.2, 0.25) is 0 Å². The van der Waals surface area contributed by atoms with E-state index < -0.39 is 6.10 Å². The number of H-pyrrole nitrogens is 1. The third kappa shape index (κ3) is 5.71. The standard InChI is InChI=1S/C14H18FN3O2.ClH/c1-10-11(7-17-18-10)6-16-8-13(19)9-20-14-4-2-12(15)3-5-14;/h2-5,7,13,16,19H,6,8-9H2,1H3,(H,17,18);1H. The van der Waals surface area contributed by atoms with Gasteiger partial charge in [0.15, 0.2) is 0 Å². The summed E-state index contributed by atoms with van der Waals surface area (Å²) in [6, 6.07) is 5.71. The molecule has 1 aromatic heterocycles. The predicted octanol–water partition coefficient (Wildman–Crippen LogP) is 1.81. The average Bonchev–Trinajstić information content (AvgIpc) is 2.84. The number of aryl methyl sites for hydroxylation is 1. The van der Waals surface area contributed by atoms with Crippen LogP contribution in [0.15, 0.2) is 30.5 Å². The highest BCUT2D eigenvalue weighted by molar-refractivity contribution is 5.85. The summed E-state index contributed by atoms with van der Waals surface area (Å²) in [6.45, 7) is 3.14. The molecule has 116 valence electrons. The molecule has 7 heteroatoms. The molecule has 0 fully saturated rings. The maximum atomic E-state index is 12.7. The van der Waals surface area contributed by atoms with E-state index >= 15 is 0 Å². The molecule has 3 N–H and O–H groups in total. The van der Waals surface area contributed by atoms with Crippen molar-refractivity contribution >= 4 is 12.4 Å². The Morgan fingerprint density at radius 3 is 2.71 bits per heavy atom. The second-order valence-electron chi connectivity index (χ2n) is 4.57. The number of ether oxygens (including phenoxy) is 1. The average molecular weight is 316 g/mol. The van der Waals surface area contributed by atoms with Gasteiger partial charge >= 0.3 is 0 Å². The Bertz CT molecular complexity index is 533. The summed E-state index contributed by atoms with van der Waals surface area (Å²) in [6.07, 6.45) is 1.12. The summed E-state index contributed by atoms with van der Waals surface area (Å²) in [7, 11) is 0. The van der Waals surface area contributed by atoms with Gasteiger partial charge in [0.05, 0.1) is 6.20 Å². The van der Waals surface area contributed by atoms with Crippen LogP contribution in [0.4, 0.5) is 4.39 Å². The first kappa shape index (κ1) is 17.4. The van der Waals surface area contributed by atoms with Crippen LogP contribution >= 0.6 is 12.4 Å². The number of nitrogens with one attached hydrogen (secondary N) is 2. The highest BCUT2D eigenvalue weighted by Crippen LogP contribution is 2.11. The molecule has 0 saturated heterocycles. The molecule has 1 unspecified atom stereocenters. The first-order chi connectivity index (χ1) is 9.65. The van der Waals surface area contributed by atoms with Crippen molar-refractivity contribution in [3.8, 4) is 5.75 Å². The first-order valence-electron chi connectivity index (χ1n) is 6.41. The Kier molecular flexibility index (Phi) is 7.14. The number of benzene rings is 1. The summed E-state index contributed by atoms with van der Waals surface area (Å²) >= 11 is 0. The minimum absolute atomic E-state index is 0. The van der Waals surface area contributed by atoms with E-state index in [9.17, 15) is 9.50 Å². The smallest absolute Gasteiger partial charge is 0.123 e. The molecule has 0 radical (unpaired) electrons. The lowest BCUT2D eigenvalue weighted by Gasteiger charge is -2.13. The predicted molar refractivity (Wildman–Crippen MR) is 80.2 cm³/mol. The van der Waals surface area contributed by atoms with Crippen molar-refractivity contribution in [1.29, 1.82) is 0 Å². The van der Waals surface area contributed by atoms with Crippen molar-refractivity contribution < 1.29 is 14.2 Å². The SMILES string of the molecule is Cc1[nH]ncc1CNCC(O)COc1ccc(F)cc1.Cl. The summed E-state index contributed by atoms with van der Waals surface area (Å²) < 4.78 is 18.1. The fraction of sp³-hybridized carbons (Fsp3) is 0.357. The van der Waals surface area contributed by atoms with Crippen LogP contribution in [-0.2, 0) is 6.54 Å². The third-order valence-electron chi connectivity index (χ3n) is 2.89. The van der Waals surface area contributed by atoms with Crippen molar-refractivity contribution in [2.45, 2.75) is 19.6 Å². The molecule has 21 heavy (non-hydrogen) atoms. The second-order valence-corrected chi connectivity index (χ2v) is 4.57. The van der Waals surface area contributed by atoms with Gasteiger partial charge in [0.1, 0.15) is 24.3 Å². The Hall–Kier alpha value is -1.63. The molecule has 0 aliphatic rings. The number of halogens is 2. The van der Waals surface area contributed by atoms with Crippen LogP contribution in [0.3, 0.4) is 0 Å². The molecular formula is C14H19ClFN3O2. The molecule has 0 spiro atoms. The van der Waals surface area contributed by atoms with E-state index in [4.69, 9.17) is 4.74 Å². The number of rotatable bonds is 7. The van der Waals surface area contributed by atoms with Gasteiger partial charge in [0.25, 0.3) is 0 Å². The molecule has 5 nitrogen and oxygen atoms in total. The molecule has 0 amide bonds. The van der Waals surface area contributed by atoms with Crippen molar-refractivity contribution in [2.75, 3.05) is 13.2 Å². The van der Waals surface area contributed by atoms with Gasteiger partial charge in [-0.1, -0.05) is 0 Å². The maximum absolute atomic E-state index is 12.7. The Morgan fingerprint density at radius 2 is 2.10 bits per heavy atom. The fourth-order valence-corrected chi connectivity index (χ4v) is 1.71. The monoisotopic (exact) mass is 315 g/mol. The van der Waals surface area contributed by atoms with Crippen molar-refractivity contribution in [1.82, 2.24) is 15.5 Å². The van der Waals surface area contributed by atoms with Gasteiger partial charge in [-0.15, -0.1) is 12.4 Å². The van der Waals surface area contributed by atoms with Gasteiger partial charge in [-0.3, -0.25) is 5.10 Å². The van der Waals surface area contributed by atoms with E-state index in [1.54, 1.807) is 6.20 Å². The summed E-state index contributed by atoms with van der Waals surface area (Å²) in [5.41, 5.74) is 2.08. The van der Waals surface area contributed by atoms with E-state index in [1.165, 1.54) is 24.3 Å². The molecule has 0 saturated carbocycles. The van der Waals surface area contributed by atoms with Crippen molar-refractivity contribution in [3.05, 3.63) is 47.5 Å². The van der Waals surface area contributed by atoms with Crippen LogP contribution < -0.4 is 10.1 Å². The molecule has 0 aliphatic heterocycles. The van der Waals surface area contributed by atoms with E-state index in [-0.39, 0.29) is 24.8 Å². The Balaban J connectivity index is 0.00000220. The van der Waals surface area contributed by atoms with Crippen LogP contribution in [-0.4, -0.2) is 34.6 Å². The zero-order chi connectivity index (χ0) is 14.4. The molecule has 0 aliphatic carbocycles. The van der Waals surface area contributed by atoms with Gasteiger partial charge in [-0.05, 0) is 31.2 Å². The van der Waals surface area contributed by atoms with E-state index in [1.807, 2.05) is 6.92 Å². The fourth-order valence-electron chi connectivity index (χ4n) is 1.71. The minimum Gasteiger partial charge on any atom is -0.491 e. The Labute approximate surface area is 128 Å². The largest absolute Gasteiger partial charge is 0.491 e. The number of aliphatic hydroxyl groups is 1. The lowest BCUT2D eigenvalue weighted by Crippen LogP contribution is -2.31. The molecule has 1 atom stereocenters. The minimum atomic E-state index is -0.632. The van der Waals surface area contributed by atoms with E-state index in [0.717, 1.165) is 11.3 Å². The van der Waals surface area contributed by atoms with E-state index in [2.05, 4.69) is 15.5 Å². The number of hydrogen-bond acceptors (Lipinski definition) is 4. The van der Waals surface area contributed by atoms with Gasteiger partial charge in [0.2, 0.25) is 0 Å². The second kappa shape index (κ2) is 8.61. The molecule has 2 aromatic rings. The number of aromatic nitrogens is 2. The van der Waals surface area contributed by atoms with Crippen LogP contribution in [0.5, 0.6) is 5.75 Å². The molecular weight excluding hydrogens is 297 g/mol. The lowest BCUT2D eigenvalue weighted by atomic mass is 10.2. The first-order valence-corrected chi connectivity index (χ1v) is 6.41. The molecule has 1 aromatic carbocycles. The zero-order valence-corrected chi connectivity index (χ0v) is 12.5. The summed E-state index contributed by atoms with van der Waals surface area (Å²) in [5.74, 6) is 0.228. The summed E-state index contributed by atoms with van der Waals surface area (Å²) in [4.78, 5) is 0. The Morgan fingerprint density at radius 1 is 1.38 bits per heavy atom. The molecule has 2 rings (SSSR count). The highest BCUT2D eigenvalue weighted by atomic mass is 35.5. The molecule has 1 heterocycles. The van der Waals surface area contributed by atoms with Gasteiger partial charge in [-0.25, -0.2) is 4.39 Å². The normalized spacial score (nSPS) is 11.8. The van der Waals surface area contributed by atoms with Gasteiger partial charge < -0.3 is 15.2 Å². The van der Waals surface area contributed by atoms with Crippen LogP contribution in [0, 0.1) is 12.7 Å². The number of nitrogens with zero attached hydrogens (tertiary/aromatic N) is 1. The van der Waals surface area contributed by atoms with Crippen molar-refractivity contribution in [3.63, 3.8) is 0 Å². The van der Waals surface area contributed by atoms with Crippen molar-refractivity contribution in [2.24, 2.45) is 0 Å². The summed E-state index contributed by atoms with van der Waals surface area (Å²) in [5, 5.41) is 19.7. The topological polar surface area (TPSA) is 70.2 Å².